The van der Waals surface area contributed by atoms with Gasteiger partial charge in [0.1, 0.15) is 0 Å². The number of hydrogen-bond acceptors (Lipinski definition) is 5. The molecule has 0 aliphatic heterocycles. The zero-order chi connectivity index (χ0) is 20.9. The maximum atomic E-state index is 12.2. The van der Waals surface area contributed by atoms with Gasteiger partial charge in [0, 0.05) is 30.8 Å². The molecule has 0 aliphatic rings. The number of amides is 1. The first-order valence-electron chi connectivity index (χ1n) is 8.66. The van der Waals surface area contributed by atoms with E-state index in [4.69, 9.17) is 0 Å². The third-order valence-corrected chi connectivity index (χ3v) is 5.19. The number of carbonyl (C=O) groups excluding carboxylic acids is 1. The van der Waals surface area contributed by atoms with Crippen LogP contribution in [0.4, 0.5) is 17.1 Å². The lowest BCUT2D eigenvalue weighted by Crippen LogP contribution is -2.31. The van der Waals surface area contributed by atoms with E-state index >= 15 is 0 Å². The molecular weight excluding hydrogens is 382 g/mol. The van der Waals surface area contributed by atoms with Gasteiger partial charge in [-0.3, -0.25) is 19.2 Å². The van der Waals surface area contributed by atoms with Crippen molar-refractivity contribution >= 4 is 33.0 Å². The van der Waals surface area contributed by atoms with Gasteiger partial charge in [-0.15, -0.1) is 0 Å². The van der Waals surface area contributed by atoms with Crippen LogP contribution in [-0.4, -0.2) is 32.0 Å². The Hall–Kier alpha value is -2.94. The molecule has 1 N–H and O–H groups in total. The predicted octanol–water partition coefficient (Wildman–Crippen LogP) is 3.40. The van der Waals surface area contributed by atoms with Crippen molar-refractivity contribution in [2.75, 3.05) is 22.4 Å². The Labute approximate surface area is 164 Å². The summed E-state index contributed by atoms with van der Waals surface area (Å²) in [6.45, 7) is 3.94. The van der Waals surface area contributed by atoms with Crippen LogP contribution in [0.15, 0.2) is 42.5 Å². The van der Waals surface area contributed by atoms with Gasteiger partial charge >= 0.3 is 0 Å². The van der Waals surface area contributed by atoms with Gasteiger partial charge in [-0.05, 0) is 49.6 Å². The standard InChI is InChI=1S/C19H23N3O5S/c1-14-10-15(2)12-18(11-14)21(28(3,26)27)9-5-8-19(23)20-16-6-4-7-17(13-16)22(24)25/h4,6-7,10-13H,5,8-9H2,1-3H3,(H,20,23). The molecular formula is C19H23N3O5S. The summed E-state index contributed by atoms with van der Waals surface area (Å²) in [5.41, 5.74) is 2.68. The molecule has 0 bridgehead atoms. The zero-order valence-electron chi connectivity index (χ0n) is 16.0. The summed E-state index contributed by atoms with van der Waals surface area (Å²) in [6, 6.07) is 11.2. The third-order valence-electron chi connectivity index (χ3n) is 4.00. The average molecular weight is 405 g/mol. The molecule has 1 amide bonds. The highest BCUT2D eigenvalue weighted by Crippen LogP contribution is 2.22. The van der Waals surface area contributed by atoms with Crippen LogP contribution in [0.1, 0.15) is 24.0 Å². The van der Waals surface area contributed by atoms with Crippen molar-refractivity contribution in [2.24, 2.45) is 0 Å². The molecule has 0 radical (unpaired) electrons. The summed E-state index contributed by atoms with van der Waals surface area (Å²) >= 11 is 0. The van der Waals surface area contributed by atoms with E-state index < -0.39 is 14.9 Å². The van der Waals surface area contributed by atoms with Crippen LogP contribution in [0.3, 0.4) is 0 Å². The minimum absolute atomic E-state index is 0.0828. The fourth-order valence-corrected chi connectivity index (χ4v) is 3.83. The molecule has 0 unspecified atom stereocenters. The Bertz CT molecular complexity index is 969. The average Bonchev–Trinajstić information content (AvgIpc) is 2.56. The number of sulfonamides is 1. The fraction of sp³-hybridized carbons (Fsp3) is 0.316. The van der Waals surface area contributed by atoms with Gasteiger partial charge in [0.25, 0.3) is 5.69 Å². The number of anilines is 2. The van der Waals surface area contributed by atoms with Gasteiger partial charge in [-0.1, -0.05) is 12.1 Å². The van der Waals surface area contributed by atoms with Crippen molar-refractivity contribution < 1.29 is 18.1 Å². The van der Waals surface area contributed by atoms with E-state index in [2.05, 4.69) is 5.32 Å². The van der Waals surface area contributed by atoms with E-state index in [1.807, 2.05) is 19.9 Å². The number of nitro groups is 1. The molecule has 2 rings (SSSR count). The highest BCUT2D eigenvalue weighted by molar-refractivity contribution is 7.92. The molecule has 0 aliphatic carbocycles. The van der Waals surface area contributed by atoms with E-state index in [0.29, 0.717) is 17.8 Å². The summed E-state index contributed by atoms with van der Waals surface area (Å²) in [5, 5.41) is 13.4. The molecule has 9 heteroatoms. The molecule has 2 aromatic carbocycles. The number of aryl methyl sites for hydroxylation is 2. The molecule has 150 valence electrons. The van der Waals surface area contributed by atoms with Gasteiger partial charge in [0.15, 0.2) is 0 Å². The van der Waals surface area contributed by atoms with Crippen molar-refractivity contribution in [3.05, 3.63) is 63.7 Å². The first-order valence-corrected chi connectivity index (χ1v) is 10.5. The highest BCUT2D eigenvalue weighted by atomic mass is 32.2. The zero-order valence-corrected chi connectivity index (χ0v) is 16.8. The Balaban J connectivity index is 2.01. The molecule has 0 spiro atoms. The van der Waals surface area contributed by atoms with Crippen LogP contribution in [0.25, 0.3) is 0 Å². The predicted molar refractivity (Wildman–Crippen MR) is 109 cm³/mol. The number of carbonyl (C=O) groups is 1. The molecule has 8 nitrogen and oxygen atoms in total. The van der Waals surface area contributed by atoms with E-state index in [9.17, 15) is 23.3 Å². The number of benzene rings is 2. The van der Waals surface area contributed by atoms with Crippen LogP contribution in [0.2, 0.25) is 0 Å². The quantitative estimate of drug-likeness (QED) is 0.535. The Morgan fingerprint density at radius 1 is 1.14 bits per heavy atom. The fourth-order valence-electron chi connectivity index (χ4n) is 2.88. The summed E-state index contributed by atoms with van der Waals surface area (Å²) < 4.78 is 25.7. The largest absolute Gasteiger partial charge is 0.326 e. The van der Waals surface area contributed by atoms with Gasteiger partial charge in [-0.25, -0.2) is 8.42 Å². The first-order chi connectivity index (χ1) is 13.1. The van der Waals surface area contributed by atoms with E-state index in [0.717, 1.165) is 17.4 Å². The van der Waals surface area contributed by atoms with Crippen LogP contribution in [0, 0.1) is 24.0 Å². The Morgan fingerprint density at radius 2 is 1.79 bits per heavy atom. The molecule has 28 heavy (non-hydrogen) atoms. The molecule has 0 heterocycles. The van der Waals surface area contributed by atoms with Crippen molar-refractivity contribution in [1.82, 2.24) is 0 Å². The molecule has 0 saturated carbocycles. The number of hydrogen-bond donors (Lipinski definition) is 1. The summed E-state index contributed by atoms with van der Waals surface area (Å²) in [4.78, 5) is 22.4. The minimum Gasteiger partial charge on any atom is -0.326 e. The molecule has 0 saturated heterocycles. The number of nitro benzene ring substituents is 1. The van der Waals surface area contributed by atoms with E-state index in [1.165, 1.54) is 22.5 Å². The maximum Gasteiger partial charge on any atom is 0.271 e. The number of nitrogens with zero attached hydrogens (tertiary/aromatic N) is 2. The van der Waals surface area contributed by atoms with E-state index in [1.54, 1.807) is 18.2 Å². The Kier molecular flexibility index (Phi) is 6.74. The lowest BCUT2D eigenvalue weighted by Gasteiger charge is -2.23. The lowest BCUT2D eigenvalue weighted by atomic mass is 10.1. The number of rotatable bonds is 8. The van der Waals surface area contributed by atoms with Gasteiger partial charge < -0.3 is 5.32 Å². The molecule has 0 atom stereocenters. The second kappa shape index (κ2) is 8.83. The van der Waals surface area contributed by atoms with Gasteiger partial charge in [0.05, 0.1) is 16.9 Å². The van der Waals surface area contributed by atoms with Gasteiger partial charge in [0.2, 0.25) is 15.9 Å². The lowest BCUT2D eigenvalue weighted by molar-refractivity contribution is -0.384. The monoisotopic (exact) mass is 405 g/mol. The van der Waals surface area contributed by atoms with Crippen LogP contribution >= 0.6 is 0 Å². The number of non-ortho nitro benzene ring substituents is 1. The summed E-state index contributed by atoms with van der Waals surface area (Å²) in [7, 11) is -3.50. The van der Waals surface area contributed by atoms with Crippen molar-refractivity contribution in [3.8, 4) is 0 Å². The minimum atomic E-state index is -3.50. The molecule has 2 aromatic rings. The topological polar surface area (TPSA) is 110 Å². The second-order valence-electron chi connectivity index (χ2n) is 6.64. The smallest absolute Gasteiger partial charge is 0.271 e. The Morgan fingerprint density at radius 3 is 2.36 bits per heavy atom. The van der Waals surface area contributed by atoms with Crippen LogP contribution in [-0.2, 0) is 14.8 Å². The van der Waals surface area contributed by atoms with Crippen molar-refractivity contribution in [3.63, 3.8) is 0 Å². The molecule has 0 fully saturated rings. The maximum absolute atomic E-state index is 12.2. The van der Waals surface area contributed by atoms with Crippen LogP contribution in [0.5, 0.6) is 0 Å². The SMILES string of the molecule is Cc1cc(C)cc(N(CCCC(=O)Nc2cccc([N+](=O)[O-])c2)S(C)(=O)=O)c1. The normalized spacial score (nSPS) is 11.1. The number of nitrogens with one attached hydrogen (secondary N) is 1. The summed E-state index contributed by atoms with van der Waals surface area (Å²) in [5.74, 6) is -0.339. The molecule has 0 aromatic heterocycles. The highest BCUT2D eigenvalue weighted by Gasteiger charge is 2.18. The third kappa shape index (κ3) is 6.05. The van der Waals surface area contributed by atoms with Crippen LogP contribution < -0.4 is 9.62 Å². The summed E-state index contributed by atoms with van der Waals surface area (Å²) in [6.07, 6.45) is 1.52. The second-order valence-corrected chi connectivity index (χ2v) is 8.55. The first kappa shape index (κ1) is 21.4. The van der Waals surface area contributed by atoms with E-state index in [-0.39, 0.29) is 24.6 Å². The van der Waals surface area contributed by atoms with Crippen molar-refractivity contribution in [2.45, 2.75) is 26.7 Å². The van der Waals surface area contributed by atoms with Gasteiger partial charge in [-0.2, -0.15) is 0 Å². The van der Waals surface area contributed by atoms with Crippen molar-refractivity contribution in [1.29, 1.82) is 0 Å².